The number of nitrogens with one attached hydrogen (secondary N) is 1. The van der Waals surface area contributed by atoms with Crippen LogP contribution in [0.2, 0.25) is 0 Å². The molecule has 0 saturated carbocycles. The Hall–Kier alpha value is -1.31. The van der Waals surface area contributed by atoms with Gasteiger partial charge in [0.15, 0.2) is 5.96 Å². The van der Waals surface area contributed by atoms with E-state index in [1.807, 2.05) is 17.6 Å². The van der Waals surface area contributed by atoms with Gasteiger partial charge in [-0.05, 0) is 24.6 Å². The van der Waals surface area contributed by atoms with Gasteiger partial charge in [0.1, 0.15) is 5.65 Å². The minimum absolute atomic E-state index is 0. The lowest BCUT2D eigenvalue weighted by Gasteiger charge is -2.14. The van der Waals surface area contributed by atoms with Gasteiger partial charge in [0, 0.05) is 26.0 Å². The number of fused-ring (bicyclic) bond motifs is 1. The van der Waals surface area contributed by atoms with Crippen molar-refractivity contribution in [2.75, 3.05) is 20.1 Å². The fourth-order valence-electron chi connectivity index (χ4n) is 2.11. The van der Waals surface area contributed by atoms with Crippen LogP contribution in [-0.2, 0) is 6.54 Å². The Labute approximate surface area is 129 Å². The maximum absolute atomic E-state index is 4.59. The molecular formula is C13H18IN5. The summed E-state index contributed by atoms with van der Waals surface area (Å²) in [4.78, 5) is 11.1. The third-order valence-electron chi connectivity index (χ3n) is 3.15. The highest BCUT2D eigenvalue weighted by molar-refractivity contribution is 14.0. The predicted molar refractivity (Wildman–Crippen MR) is 87.1 cm³/mol. The number of nitrogens with zero attached hydrogens (tertiary/aromatic N) is 4. The summed E-state index contributed by atoms with van der Waals surface area (Å²) < 4.78 is 2.05. The van der Waals surface area contributed by atoms with Crippen LogP contribution >= 0.6 is 24.0 Å². The largest absolute Gasteiger partial charge is 0.351 e. The van der Waals surface area contributed by atoms with E-state index in [2.05, 4.69) is 45.4 Å². The molecule has 3 heterocycles. The van der Waals surface area contributed by atoms with Crippen molar-refractivity contribution in [3.05, 3.63) is 35.8 Å². The van der Waals surface area contributed by atoms with E-state index >= 15 is 0 Å². The predicted octanol–water partition coefficient (Wildman–Crippen LogP) is 1.65. The van der Waals surface area contributed by atoms with Crippen molar-refractivity contribution in [3.63, 3.8) is 0 Å². The van der Waals surface area contributed by atoms with Gasteiger partial charge >= 0.3 is 0 Å². The summed E-state index contributed by atoms with van der Waals surface area (Å²) in [5.74, 6) is 0.961. The molecule has 1 aliphatic rings. The molecule has 19 heavy (non-hydrogen) atoms. The summed E-state index contributed by atoms with van der Waals surface area (Å²) in [6.45, 7) is 4.66. The van der Waals surface area contributed by atoms with Gasteiger partial charge in [0.25, 0.3) is 0 Å². The van der Waals surface area contributed by atoms with E-state index in [0.29, 0.717) is 6.54 Å². The van der Waals surface area contributed by atoms with E-state index in [-0.39, 0.29) is 24.0 Å². The Bertz CT molecular complexity index is 604. The number of rotatable bonds is 2. The smallest absolute Gasteiger partial charge is 0.194 e. The first-order chi connectivity index (χ1) is 8.72. The highest BCUT2D eigenvalue weighted by Crippen LogP contribution is 2.07. The zero-order chi connectivity index (χ0) is 12.5. The maximum atomic E-state index is 4.59. The minimum atomic E-state index is 0. The quantitative estimate of drug-likeness (QED) is 0.817. The van der Waals surface area contributed by atoms with Crippen LogP contribution in [0.25, 0.3) is 5.65 Å². The minimum Gasteiger partial charge on any atom is -0.351 e. The molecule has 1 N–H and O–H groups in total. The fraction of sp³-hybridized carbons (Fsp3) is 0.385. The second kappa shape index (κ2) is 5.77. The Kier molecular flexibility index (Phi) is 4.28. The maximum Gasteiger partial charge on any atom is 0.194 e. The lowest BCUT2D eigenvalue weighted by molar-refractivity contribution is 0.533. The van der Waals surface area contributed by atoms with Crippen LogP contribution in [0.15, 0.2) is 29.5 Å². The van der Waals surface area contributed by atoms with Crippen LogP contribution in [0.4, 0.5) is 0 Å². The molecule has 3 rings (SSSR count). The molecule has 1 aliphatic heterocycles. The topological polar surface area (TPSA) is 44.9 Å². The van der Waals surface area contributed by atoms with Crippen molar-refractivity contribution in [3.8, 4) is 0 Å². The number of hydrogen-bond donors (Lipinski definition) is 1. The number of guanidine groups is 1. The molecule has 5 nitrogen and oxygen atoms in total. The molecule has 102 valence electrons. The molecule has 0 saturated heterocycles. The third-order valence-corrected chi connectivity index (χ3v) is 3.15. The number of likely N-dealkylation sites (N-methyl/N-ethyl adjacent to an activating group) is 1. The van der Waals surface area contributed by atoms with Crippen molar-refractivity contribution >= 4 is 35.6 Å². The van der Waals surface area contributed by atoms with Crippen LogP contribution in [0.1, 0.15) is 11.3 Å². The highest BCUT2D eigenvalue weighted by atomic mass is 127. The number of aliphatic imine (C=N–C) groups is 1. The summed E-state index contributed by atoms with van der Waals surface area (Å²) in [5.41, 5.74) is 3.25. The summed E-state index contributed by atoms with van der Waals surface area (Å²) >= 11 is 0. The molecule has 0 bridgehead atoms. The normalized spacial score (nSPS) is 14.4. The molecule has 2 aromatic rings. The van der Waals surface area contributed by atoms with Crippen LogP contribution in [0.5, 0.6) is 0 Å². The van der Waals surface area contributed by atoms with Crippen molar-refractivity contribution < 1.29 is 0 Å². The number of pyridine rings is 1. The van der Waals surface area contributed by atoms with Crippen LogP contribution in [-0.4, -0.2) is 40.4 Å². The van der Waals surface area contributed by atoms with E-state index < -0.39 is 0 Å². The molecule has 0 fully saturated rings. The lowest BCUT2D eigenvalue weighted by Crippen LogP contribution is -2.35. The molecule has 0 atom stereocenters. The highest BCUT2D eigenvalue weighted by Gasteiger charge is 2.12. The molecule has 0 aromatic carbocycles. The van der Waals surface area contributed by atoms with Crippen LogP contribution < -0.4 is 5.32 Å². The molecule has 6 heteroatoms. The van der Waals surface area contributed by atoms with Crippen LogP contribution in [0, 0.1) is 6.92 Å². The Morgan fingerprint density at radius 2 is 2.26 bits per heavy atom. The van der Waals surface area contributed by atoms with Gasteiger partial charge < -0.3 is 14.6 Å². The van der Waals surface area contributed by atoms with Gasteiger partial charge in [0.05, 0.1) is 18.8 Å². The van der Waals surface area contributed by atoms with Gasteiger partial charge in [-0.25, -0.2) is 4.98 Å². The summed E-state index contributed by atoms with van der Waals surface area (Å²) in [6.07, 6.45) is 4.09. The third kappa shape index (κ3) is 2.99. The molecule has 0 spiro atoms. The SMILES string of the molecule is Cc1ccn2cc(CNC3=NCCN3C)nc2c1.I. The van der Waals surface area contributed by atoms with E-state index in [4.69, 9.17) is 0 Å². The lowest BCUT2D eigenvalue weighted by atomic mass is 10.3. The first-order valence-electron chi connectivity index (χ1n) is 6.16. The van der Waals surface area contributed by atoms with Gasteiger partial charge in [-0.15, -0.1) is 24.0 Å². The number of imidazole rings is 1. The van der Waals surface area contributed by atoms with Crippen molar-refractivity contribution in [2.45, 2.75) is 13.5 Å². The second-order valence-electron chi connectivity index (χ2n) is 4.68. The Morgan fingerprint density at radius 1 is 1.42 bits per heavy atom. The zero-order valence-electron chi connectivity index (χ0n) is 11.1. The number of aryl methyl sites for hydroxylation is 1. The van der Waals surface area contributed by atoms with Crippen molar-refractivity contribution in [1.82, 2.24) is 19.6 Å². The average molecular weight is 371 g/mol. The van der Waals surface area contributed by atoms with Crippen molar-refractivity contribution in [2.24, 2.45) is 4.99 Å². The van der Waals surface area contributed by atoms with Gasteiger partial charge in [0.2, 0.25) is 0 Å². The zero-order valence-corrected chi connectivity index (χ0v) is 13.5. The average Bonchev–Trinajstić information content (AvgIpc) is 2.92. The van der Waals surface area contributed by atoms with Gasteiger partial charge in [-0.3, -0.25) is 4.99 Å². The van der Waals surface area contributed by atoms with Crippen molar-refractivity contribution in [1.29, 1.82) is 0 Å². The number of halogens is 1. The standard InChI is InChI=1S/C13H17N5.HI/c1-10-3-5-18-9-11(16-12(18)7-10)8-15-13-14-4-6-17(13)2;/h3,5,7,9H,4,6,8H2,1-2H3,(H,14,15);1H. The molecule has 2 aromatic heterocycles. The molecule has 0 unspecified atom stereocenters. The summed E-state index contributed by atoms with van der Waals surface area (Å²) in [7, 11) is 2.05. The van der Waals surface area contributed by atoms with E-state index in [1.54, 1.807) is 0 Å². The molecular weight excluding hydrogens is 353 g/mol. The number of aromatic nitrogens is 2. The molecule has 0 radical (unpaired) electrons. The first-order valence-corrected chi connectivity index (χ1v) is 6.16. The second-order valence-corrected chi connectivity index (χ2v) is 4.68. The van der Waals surface area contributed by atoms with E-state index in [1.165, 1.54) is 5.56 Å². The molecule has 0 amide bonds. The first kappa shape index (κ1) is 14.1. The fourth-order valence-corrected chi connectivity index (χ4v) is 2.11. The van der Waals surface area contributed by atoms with Crippen LogP contribution in [0.3, 0.4) is 0 Å². The Morgan fingerprint density at radius 3 is 3.00 bits per heavy atom. The number of hydrogen-bond acceptors (Lipinski definition) is 4. The van der Waals surface area contributed by atoms with Gasteiger partial charge in [-0.1, -0.05) is 0 Å². The summed E-state index contributed by atoms with van der Waals surface area (Å²) in [5, 5.41) is 3.32. The summed E-state index contributed by atoms with van der Waals surface area (Å²) in [6, 6.07) is 4.17. The van der Waals surface area contributed by atoms with E-state index in [0.717, 1.165) is 30.4 Å². The van der Waals surface area contributed by atoms with Gasteiger partial charge in [-0.2, -0.15) is 0 Å². The Balaban J connectivity index is 0.00000133. The molecule has 0 aliphatic carbocycles. The monoisotopic (exact) mass is 371 g/mol. The van der Waals surface area contributed by atoms with E-state index in [9.17, 15) is 0 Å².